The summed E-state index contributed by atoms with van der Waals surface area (Å²) in [4.78, 5) is 0. The summed E-state index contributed by atoms with van der Waals surface area (Å²) >= 11 is 0. The summed E-state index contributed by atoms with van der Waals surface area (Å²) in [5, 5.41) is 19.3. The van der Waals surface area contributed by atoms with Gasteiger partial charge in [-0.25, -0.2) is 0 Å². The van der Waals surface area contributed by atoms with Gasteiger partial charge >= 0.3 is 0 Å². The molecule has 2 N–H and O–H groups in total. The predicted octanol–water partition coefficient (Wildman–Crippen LogP) is 1.55. The van der Waals surface area contributed by atoms with Gasteiger partial charge in [-0.05, 0) is 33.1 Å². The number of hydrogen-bond acceptors (Lipinski definition) is 2. The average Bonchev–Trinajstić information content (AvgIpc) is 1.56. The van der Waals surface area contributed by atoms with Crippen molar-refractivity contribution >= 4 is 0 Å². The molecule has 0 aliphatic carbocycles. The van der Waals surface area contributed by atoms with Gasteiger partial charge in [0.25, 0.3) is 0 Å². The second-order valence-corrected chi connectivity index (χ2v) is 4.43. The van der Waals surface area contributed by atoms with E-state index in [1.807, 2.05) is 13.8 Å². The summed E-state index contributed by atoms with van der Waals surface area (Å²) < 4.78 is 0. The van der Waals surface area contributed by atoms with Crippen molar-refractivity contribution in [3.8, 4) is 0 Å². The van der Waals surface area contributed by atoms with Crippen molar-refractivity contribution in [2.24, 2.45) is 5.92 Å². The normalized spacial score (nSPS) is 18.5. The Kier molecular flexibility index (Phi) is 3.09. The van der Waals surface area contributed by atoms with E-state index in [0.717, 1.165) is 0 Å². The van der Waals surface area contributed by atoms with Crippen LogP contribution in [0.15, 0.2) is 0 Å². The third kappa shape index (κ3) is 3.21. The highest BCUT2D eigenvalue weighted by Gasteiger charge is 2.37. The first-order chi connectivity index (χ1) is 4.67. The molecule has 68 valence electrons. The second-order valence-electron chi connectivity index (χ2n) is 4.43. The van der Waals surface area contributed by atoms with Crippen LogP contribution in [-0.2, 0) is 0 Å². The predicted molar refractivity (Wildman–Crippen MR) is 46.4 cm³/mol. The SMILES string of the molecule is CC(C)C[C@](C)(O)C(C)(C)O. The number of aliphatic hydroxyl groups is 2. The average molecular weight is 160 g/mol. The Balaban J connectivity index is 4.22. The lowest BCUT2D eigenvalue weighted by Crippen LogP contribution is -2.48. The molecule has 0 bridgehead atoms. The van der Waals surface area contributed by atoms with Gasteiger partial charge in [0.1, 0.15) is 0 Å². The number of hydrogen-bond donors (Lipinski definition) is 2. The van der Waals surface area contributed by atoms with E-state index in [0.29, 0.717) is 12.3 Å². The van der Waals surface area contributed by atoms with Gasteiger partial charge in [-0.3, -0.25) is 0 Å². The summed E-state index contributed by atoms with van der Waals surface area (Å²) in [5.41, 5.74) is -2.00. The highest BCUT2D eigenvalue weighted by atomic mass is 16.3. The molecular weight excluding hydrogens is 140 g/mol. The van der Waals surface area contributed by atoms with Crippen molar-refractivity contribution in [3.63, 3.8) is 0 Å². The lowest BCUT2D eigenvalue weighted by Gasteiger charge is -2.36. The fourth-order valence-corrected chi connectivity index (χ4v) is 1.04. The quantitative estimate of drug-likeness (QED) is 0.657. The molecule has 0 saturated carbocycles. The van der Waals surface area contributed by atoms with Gasteiger partial charge in [0, 0.05) is 0 Å². The third-order valence-corrected chi connectivity index (χ3v) is 2.12. The van der Waals surface area contributed by atoms with E-state index in [4.69, 9.17) is 0 Å². The molecule has 0 aliphatic rings. The van der Waals surface area contributed by atoms with Crippen LogP contribution in [0.5, 0.6) is 0 Å². The molecule has 11 heavy (non-hydrogen) atoms. The molecule has 0 unspecified atom stereocenters. The zero-order valence-corrected chi connectivity index (χ0v) is 8.18. The molecule has 0 aromatic heterocycles. The van der Waals surface area contributed by atoms with Gasteiger partial charge in [-0.1, -0.05) is 13.8 Å². The Morgan fingerprint density at radius 1 is 1.09 bits per heavy atom. The fraction of sp³-hybridized carbons (Fsp3) is 1.00. The van der Waals surface area contributed by atoms with E-state index >= 15 is 0 Å². The van der Waals surface area contributed by atoms with Crippen LogP contribution in [0.2, 0.25) is 0 Å². The smallest absolute Gasteiger partial charge is 0.0902 e. The first-order valence-electron chi connectivity index (χ1n) is 4.11. The van der Waals surface area contributed by atoms with Crippen molar-refractivity contribution in [1.29, 1.82) is 0 Å². The molecule has 0 aliphatic heterocycles. The van der Waals surface area contributed by atoms with Crippen molar-refractivity contribution in [2.45, 2.75) is 52.2 Å². The Bertz CT molecular complexity index is 120. The first kappa shape index (κ1) is 10.9. The largest absolute Gasteiger partial charge is 0.387 e. The molecule has 1 atom stereocenters. The molecule has 0 saturated heterocycles. The van der Waals surface area contributed by atoms with Crippen molar-refractivity contribution in [1.82, 2.24) is 0 Å². The van der Waals surface area contributed by atoms with E-state index in [2.05, 4.69) is 0 Å². The van der Waals surface area contributed by atoms with E-state index < -0.39 is 11.2 Å². The maximum Gasteiger partial charge on any atom is 0.0902 e. The molecule has 0 aromatic carbocycles. The van der Waals surface area contributed by atoms with Crippen LogP contribution in [0.4, 0.5) is 0 Å². The topological polar surface area (TPSA) is 40.5 Å². The zero-order chi connectivity index (χ0) is 9.28. The highest BCUT2D eigenvalue weighted by Crippen LogP contribution is 2.27. The summed E-state index contributed by atoms with van der Waals surface area (Å²) in [7, 11) is 0. The van der Waals surface area contributed by atoms with E-state index in [1.165, 1.54) is 0 Å². The van der Waals surface area contributed by atoms with Gasteiger partial charge in [-0.2, -0.15) is 0 Å². The van der Waals surface area contributed by atoms with E-state index in [-0.39, 0.29) is 0 Å². The van der Waals surface area contributed by atoms with Gasteiger partial charge < -0.3 is 10.2 Å². The molecule has 0 spiro atoms. The third-order valence-electron chi connectivity index (χ3n) is 2.12. The first-order valence-corrected chi connectivity index (χ1v) is 4.11. The maximum atomic E-state index is 9.77. The second kappa shape index (κ2) is 3.11. The van der Waals surface area contributed by atoms with Gasteiger partial charge in [0.15, 0.2) is 0 Å². The highest BCUT2D eigenvalue weighted by molar-refractivity contribution is 4.89. The Morgan fingerprint density at radius 3 is 1.55 bits per heavy atom. The monoisotopic (exact) mass is 160 g/mol. The van der Waals surface area contributed by atoms with E-state index in [9.17, 15) is 10.2 Å². The molecule has 0 fully saturated rings. The van der Waals surface area contributed by atoms with Crippen LogP contribution < -0.4 is 0 Å². The van der Waals surface area contributed by atoms with Crippen molar-refractivity contribution < 1.29 is 10.2 Å². The van der Waals surface area contributed by atoms with Crippen molar-refractivity contribution in [2.75, 3.05) is 0 Å². The minimum Gasteiger partial charge on any atom is -0.387 e. The summed E-state index contributed by atoms with van der Waals surface area (Å²) in [6.45, 7) is 9.00. The Hall–Kier alpha value is -0.0800. The molecule has 2 nitrogen and oxygen atoms in total. The van der Waals surface area contributed by atoms with Crippen LogP contribution in [0.3, 0.4) is 0 Å². The van der Waals surface area contributed by atoms with Crippen LogP contribution >= 0.6 is 0 Å². The van der Waals surface area contributed by atoms with Gasteiger partial charge in [-0.15, -0.1) is 0 Å². The minimum atomic E-state index is -1.02. The molecule has 2 heteroatoms. The molecule has 0 amide bonds. The molecule has 0 aromatic rings. The lowest BCUT2D eigenvalue weighted by molar-refractivity contribution is -0.129. The van der Waals surface area contributed by atoms with Crippen LogP contribution in [0.25, 0.3) is 0 Å². The molecular formula is C9H20O2. The fourth-order valence-electron chi connectivity index (χ4n) is 1.04. The lowest BCUT2D eigenvalue weighted by atomic mass is 9.81. The van der Waals surface area contributed by atoms with Crippen LogP contribution in [0.1, 0.15) is 41.0 Å². The Morgan fingerprint density at radius 2 is 1.45 bits per heavy atom. The minimum absolute atomic E-state index is 0.399. The molecule has 0 rings (SSSR count). The Labute approximate surface area is 69.2 Å². The summed E-state index contributed by atoms with van der Waals surface area (Å²) in [6, 6.07) is 0. The standard InChI is InChI=1S/C9H20O2/c1-7(2)6-9(5,11)8(3,4)10/h7,10-11H,6H2,1-5H3/t9-/m0/s1. The summed E-state index contributed by atoms with van der Waals surface area (Å²) in [6.07, 6.45) is 0.622. The van der Waals surface area contributed by atoms with Gasteiger partial charge in [0.2, 0.25) is 0 Å². The summed E-state index contributed by atoms with van der Waals surface area (Å²) in [5.74, 6) is 0.399. The molecule has 0 radical (unpaired) electrons. The number of rotatable bonds is 3. The van der Waals surface area contributed by atoms with Crippen LogP contribution in [-0.4, -0.2) is 21.4 Å². The van der Waals surface area contributed by atoms with Crippen LogP contribution in [0, 0.1) is 5.92 Å². The molecule has 0 heterocycles. The van der Waals surface area contributed by atoms with E-state index in [1.54, 1.807) is 20.8 Å². The zero-order valence-electron chi connectivity index (χ0n) is 8.18. The maximum absolute atomic E-state index is 9.77. The van der Waals surface area contributed by atoms with Crippen molar-refractivity contribution in [3.05, 3.63) is 0 Å². The van der Waals surface area contributed by atoms with Gasteiger partial charge in [0.05, 0.1) is 11.2 Å².